The minimum absolute atomic E-state index is 0.228. The monoisotopic (exact) mass is 249 g/mol. The van der Waals surface area contributed by atoms with Gasteiger partial charge in [0.25, 0.3) is 7.41 Å². The standard InChI is InChI=1S/C12H21B2NO3/c1-11(2)12(3,4)18-14(17-11)10-5-7-15(8-6-10)13-9-16/h5,9,13H,6-8H2,1-4H3. The average molecular weight is 249 g/mol. The lowest BCUT2D eigenvalue weighted by Crippen LogP contribution is -2.41. The van der Waals surface area contributed by atoms with E-state index < -0.39 is 0 Å². The topological polar surface area (TPSA) is 38.8 Å². The van der Waals surface area contributed by atoms with E-state index in [4.69, 9.17) is 9.31 Å². The molecule has 0 spiro atoms. The van der Waals surface area contributed by atoms with Crippen LogP contribution in [0.15, 0.2) is 11.5 Å². The fourth-order valence-electron chi connectivity index (χ4n) is 2.21. The normalized spacial score (nSPS) is 26.9. The first kappa shape index (κ1) is 13.8. The Hall–Kier alpha value is -0.580. The summed E-state index contributed by atoms with van der Waals surface area (Å²) in [5.41, 5.74) is 0.646. The molecule has 98 valence electrons. The number of hydrogen-bond acceptors (Lipinski definition) is 4. The molecule has 1 saturated heterocycles. The van der Waals surface area contributed by atoms with Gasteiger partial charge in [0, 0.05) is 6.54 Å². The van der Waals surface area contributed by atoms with Crippen molar-refractivity contribution < 1.29 is 14.1 Å². The van der Waals surface area contributed by atoms with Crippen LogP contribution in [0.3, 0.4) is 0 Å². The maximum absolute atomic E-state index is 10.5. The predicted molar refractivity (Wildman–Crippen MR) is 74.3 cm³/mol. The second-order valence-corrected chi connectivity index (χ2v) is 6.04. The van der Waals surface area contributed by atoms with Crippen molar-refractivity contribution in [2.24, 2.45) is 0 Å². The van der Waals surface area contributed by atoms with Gasteiger partial charge in [-0.05, 0) is 46.1 Å². The van der Waals surface area contributed by atoms with E-state index in [2.05, 4.69) is 38.6 Å². The van der Waals surface area contributed by atoms with Gasteiger partial charge in [-0.25, -0.2) is 0 Å². The molecule has 0 aromatic heterocycles. The van der Waals surface area contributed by atoms with E-state index in [-0.39, 0.29) is 18.3 Å². The van der Waals surface area contributed by atoms with E-state index in [0.717, 1.165) is 25.7 Å². The first-order valence-electron chi connectivity index (χ1n) is 6.56. The molecule has 2 aliphatic rings. The lowest BCUT2D eigenvalue weighted by molar-refractivity contribution is 0.00578. The number of rotatable bonds is 3. The number of carbonyl (C=O) groups is 1. The van der Waals surface area contributed by atoms with Crippen LogP contribution < -0.4 is 0 Å². The van der Waals surface area contributed by atoms with Crippen LogP contribution in [-0.4, -0.2) is 49.8 Å². The zero-order chi connectivity index (χ0) is 13.4. The van der Waals surface area contributed by atoms with Gasteiger partial charge in [-0.2, -0.15) is 0 Å². The summed E-state index contributed by atoms with van der Waals surface area (Å²) in [5, 5.41) is 0. The molecule has 0 bridgehead atoms. The molecule has 2 heterocycles. The Labute approximate surface area is 110 Å². The highest BCUT2D eigenvalue weighted by molar-refractivity contribution is 6.64. The second-order valence-electron chi connectivity index (χ2n) is 6.04. The molecule has 4 nitrogen and oxygen atoms in total. The smallest absolute Gasteiger partial charge is 0.400 e. The number of hydrogen-bond donors (Lipinski definition) is 0. The van der Waals surface area contributed by atoms with Crippen molar-refractivity contribution in [2.75, 3.05) is 13.1 Å². The Bertz CT molecular complexity index is 352. The summed E-state index contributed by atoms with van der Waals surface area (Å²) < 4.78 is 12.0. The first-order chi connectivity index (χ1) is 8.36. The third-order valence-corrected chi connectivity index (χ3v) is 4.22. The molecule has 0 N–H and O–H groups in total. The van der Waals surface area contributed by atoms with Gasteiger partial charge in [-0.15, -0.1) is 0 Å². The van der Waals surface area contributed by atoms with Crippen LogP contribution in [0.2, 0.25) is 0 Å². The van der Waals surface area contributed by atoms with Crippen LogP contribution in [-0.2, 0) is 14.1 Å². The van der Waals surface area contributed by atoms with Gasteiger partial charge in [0.15, 0.2) is 0 Å². The van der Waals surface area contributed by atoms with E-state index in [1.54, 1.807) is 0 Å². The van der Waals surface area contributed by atoms with E-state index in [1.165, 1.54) is 5.47 Å². The van der Waals surface area contributed by atoms with Crippen LogP contribution >= 0.6 is 0 Å². The predicted octanol–water partition coefficient (Wildman–Crippen LogP) is 0.792. The first-order valence-corrected chi connectivity index (χ1v) is 6.56. The molecule has 18 heavy (non-hydrogen) atoms. The summed E-state index contributed by atoms with van der Waals surface area (Å²) in [6.45, 7) is 9.96. The van der Waals surface area contributed by atoms with Gasteiger partial charge >= 0.3 is 7.12 Å². The molecule has 6 heteroatoms. The maximum atomic E-state index is 10.5. The third kappa shape index (κ3) is 2.56. The lowest BCUT2D eigenvalue weighted by atomic mass is 9.73. The lowest BCUT2D eigenvalue weighted by Gasteiger charge is -2.32. The Kier molecular flexibility index (Phi) is 3.72. The largest absolute Gasteiger partial charge is 0.490 e. The molecule has 0 atom stereocenters. The molecule has 2 rings (SSSR count). The van der Waals surface area contributed by atoms with Crippen molar-refractivity contribution in [3.05, 3.63) is 11.5 Å². The van der Waals surface area contributed by atoms with Crippen LogP contribution in [0.4, 0.5) is 0 Å². The molecular weight excluding hydrogens is 228 g/mol. The molecule has 0 aliphatic carbocycles. The molecule has 1 fully saturated rings. The highest BCUT2D eigenvalue weighted by atomic mass is 16.7. The molecule has 0 saturated carbocycles. The van der Waals surface area contributed by atoms with Crippen molar-refractivity contribution in [1.29, 1.82) is 0 Å². The highest BCUT2D eigenvalue weighted by Gasteiger charge is 2.52. The Morgan fingerprint density at radius 1 is 1.33 bits per heavy atom. The van der Waals surface area contributed by atoms with Gasteiger partial charge in [0.1, 0.15) is 0 Å². The van der Waals surface area contributed by atoms with E-state index in [1.807, 2.05) is 0 Å². The highest BCUT2D eigenvalue weighted by Crippen LogP contribution is 2.39. The molecule has 0 radical (unpaired) electrons. The summed E-state index contributed by atoms with van der Waals surface area (Å²) in [4.78, 5) is 12.6. The fourth-order valence-corrected chi connectivity index (χ4v) is 2.21. The van der Waals surface area contributed by atoms with E-state index in [0.29, 0.717) is 7.41 Å². The molecule has 0 aromatic rings. The summed E-state index contributed by atoms with van der Waals surface area (Å²) in [7, 11) is 0.279. The van der Waals surface area contributed by atoms with Gasteiger partial charge in [0.05, 0.1) is 17.4 Å². The maximum Gasteiger partial charge on any atom is 0.490 e. The minimum atomic E-state index is -0.279. The third-order valence-electron chi connectivity index (χ3n) is 4.22. The molecule has 0 unspecified atom stereocenters. The number of nitrogens with zero attached hydrogens (tertiary/aromatic N) is 1. The van der Waals surface area contributed by atoms with Crippen molar-refractivity contribution >= 4 is 20.7 Å². The fraction of sp³-hybridized carbons (Fsp3) is 0.750. The summed E-state index contributed by atoms with van der Waals surface area (Å²) in [5.74, 6) is 0. The van der Waals surface area contributed by atoms with Crippen LogP contribution in [0, 0.1) is 0 Å². The van der Waals surface area contributed by atoms with Crippen molar-refractivity contribution in [1.82, 2.24) is 4.81 Å². The Balaban J connectivity index is 2.01. The second kappa shape index (κ2) is 4.83. The molecular formula is C12H21B2NO3. The SMILES string of the molecule is CC1(C)OB(C2=CCN(BC=O)CC2)OC1(C)C. The van der Waals surface area contributed by atoms with Crippen LogP contribution in [0.5, 0.6) is 0 Å². The molecule has 0 amide bonds. The van der Waals surface area contributed by atoms with E-state index in [9.17, 15) is 4.79 Å². The van der Waals surface area contributed by atoms with Crippen LogP contribution in [0.1, 0.15) is 34.1 Å². The Morgan fingerprint density at radius 3 is 2.39 bits per heavy atom. The van der Waals surface area contributed by atoms with Crippen molar-refractivity contribution in [3.8, 4) is 0 Å². The number of carbonyl (C=O) groups excluding carboxylic acids is 1. The molecule has 2 aliphatic heterocycles. The summed E-state index contributed by atoms with van der Waals surface area (Å²) in [6.07, 6.45) is 3.99. The van der Waals surface area contributed by atoms with Crippen molar-refractivity contribution in [2.45, 2.75) is 45.3 Å². The van der Waals surface area contributed by atoms with Crippen LogP contribution in [0.25, 0.3) is 0 Å². The average Bonchev–Trinajstić information content (AvgIpc) is 2.50. The molecule has 0 aromatic carbocycles. The summed E-state index contributed by atoms with van der Waals surface area (Å²) >= 11 is 0. The van der Waals surface area contributed by atoms with Gasteiger partial charge < -0.3 is 18.9 Å². The van der Waals surface area contributed by atoms with Crippen molar-refractivity contribution in [3.63, 3.8) is 0 Å². The van der Waals surface area contributed by atoms with Gasteiger partial charge in [-0.3, -0.25) is 0 Å². The quantitative estimate of drug-likeness (QED) is 0.547. The van der Waals surface area contributed by atoms with Gasteiger partial charge in [0.2, 0.25) is 0 Å². The zero-order valence-electron chi connectivity index (χ0n) is 11.7. The van der Waals surface area contributed by atoms with E-state index >= 15 is 0 Å². The summed E-state index contributed by atoms with van der Waals surface area (Å²) in [6, 6.07) is 0. The zero-order valence-corrected chi connectivity index (χ0v) is 11.7. The Morgan fingerprint density at radius 2 is 1.94 bits per heavy atom. The van der Waals surface area contributed by atoms with Gasteiger partial charge in [-0.1, -0.05) is 6.08 Å². The minimum Gasteiger partial charge on any atom is -0.400 e.